The Morgan fingerprint density at radius 3 is 1.89 bits per heavy atom. The summed E-state index contributed by atoms with van der Waals surface area (Å²) in [5, 5.41) is 42.0. The minimum atomic E-state index is -4.05. The van der Waals surface area contributed by atoms with Crippen LogP contribution in [0, 0.1) is 47.7 Å². The number of carboxylic acid groups (broad SMARTS) is 1. The molecular weight excluding hydrogens is 1010 g/mol. The van der Waals surface area contributed by atoms with Crippen molar-refractivity contribution in [1.29, 1.82) is 5.26 Å². The van der Waals surface area contributed by atoms with Gasteiger partial charge in [0.05, 0.1) is 45.0 Å². The second-order valence-corrected chi connectivity index (χ2v) is 22.3. The molecule has 6 aliphatic heterocycles. The maximum Gasteiger partial charge on any atom is 0.353 e. The van der Waals surface area contributed by atoms with E-state index in [1.807, 2.05) is 67.0 Å². The van der Waals surface area contributed by atoms with E-state index in [4.69, 9.17) is 21.4 Å². The number of carbonyl (C=O) groups is 1. The minimum absolute atomic E-state index is 0. The Balaban J connectivity index is 0.000000149. The van der Waals surface area contributed by atoms with Crippen LogP contribution in [-0.2, 0) is 34.9 Å². The number of halogens is 2. The van der Waals surface area contributed by atoms with Crippen molar-refractivity contribution in [2.24, 2.45) is 23.7 Å². The standard InChI is InChI=1S/C20H15ClFN2O4P.2C19H22N2O.Sc/c1-11-8-12(4-3-7-23)10-13(9-11)29(27,28-2)19-16-15(24-18(19)20(25)26)6-5-14(21)17(16)22;2*1-2-13-12-21-10-8-14(13)11-18(21)19(22)16-7-9-20-17-6-4-3-5-15(16)17;/h3-6,8-10,24H,1-2H3,(H,25,26);2*2-7,9,13-14,18-19,22H,1,8,10-12H2;/b4-3+;;;/t;2*13?,14?,18-,19-;/m.10./s1. The maximum atomic E-state index is 14.9. The number of aliphatic hydroxyl groups excluding tert-OH is 2. The number of para-hydroxylation sites is 2. The summed E-state index contributed by atoms with van der Waals surface area (Å²) < 4.78 is 34.2. The fraction of sp³-hybridized carbons (Fsp3) is 0.310. The number of nitrogens with one attached hydrogen (secondary N) is 1. The van der Waals surface area contributed by atoms with E-state index in [1.54, 1.807) is 19.1 Å². The largest absolute Gasteiger partial charge is 0.477 e. The number of aromatic carboxylic acids is 1. The Hall–Kier alpha value is -5.46. The summed E-state index contributed by atoms with van der Waals surface area (Å²) in [4.78, 5) is 28.2. The first-order chi connectivity index (χ1) is 35.3. The SMILES string of the molecule is C=CC1CN2CCC1C[C@@H]2[C@H](O)c1ccnc2ccccc12.C=CC1CN2CCC1C[C@H]2[C@@H](O)c1ccnc2ccccc12.COP(=O)(c1cc(C)cc(/C=C/C#N)c1)c1c(C(=O)O)[nH]c2ccc(Cl)c(F)c12.[Sc]. The van der Waals surface area contributed by atoms with Gasteiger partial charge in [0.15, 0.2) is 5.82 Å². The number of hydrogen-bond acceptors (Lipinski definition) is 10. The first-order valence-corrected chi connectivity index (χ1v) is 26.6. The zero-order chi connectivity index (χ0) is 51.6. The van der Waals surface area contributed by atoms with E-state index in [1.165, 1.54) is 50.3 Å². The van der Waals surface area contributed by atoms with E-state index in [0.29, 0.717) is 34.8 Å². The third-order valence-corrected chi connectivity index (χ3v) is 18.2. The van der Waals surface area contributed by atoms with Crippen molar-refractivity contribution in [3.63, 3.8) is 0 Å². The molecule has 3 aromatic heterocycles. The maximum absolute atomic E-state index is 14.9. The molecule has 16 heteroatoms. The van der Waals surface area contributed by atoms with Crippen LogP contribution in [0.3, 0.4) is 0 Å². The monoisotopic (exact) mass is 1070 g/mol. The van der Waals surface area contributed by atoms with E-state index >= 15 is 0 Å². The van der Waals surface area contributed by atoms with Crippen LogP contribution in [0.1, 0.15) is 70.6 Å². The topological polar surface area (TPSA) is 176 Å². The van der Waals surface area contributed by atoms with Crippen molar-refractivity contribution in [3.05, 3.63) is 174 Å². The molecule has 6 fully saturated rings. The molecule has 9 heterocycles. The van der Waals surface area contributed by atoms with Gasteiger partial charge in [-0.15, -0.1) is 13.2 Å². The van der Waals surface area contributed by atoms with Gasteiger partial charge in [0.25, 0.3) is 7.37 Å². The number of H-pyrrole nitrogens is 1. The summed E-state index contributed by atoms with van der Waals surface area (Å²) in [6, 6.07) is 29.9. The Labute approximate surface area is 454 Å². The molecule has 0 spiro atoms. The summed E-state index contributed by atoms with van der Waals surface area (Å²) in [6.45, 7) is 14.0. The van der Waals surface area contributed by atoms with Crippen LogP contribution in [0.25, 0.3) is 38.8 Å². The Morgan fingerprint density at radius 2 is 1.42 bits per heavy atom. The molecule has 12 nitrogen and oxygen atoms in total. The smallest absolute Gasteiger partial charge is 0.353 e. The second kappa shape index (κ2) is 23.6. The molecule has 4 bridgehead atoms. The molecule has 0 amide bonds. The third-order valence-electron chi connectivity index (χ3n) is 15.4. The van der Waals surface area contributed by atoms with Crippen molar-refractivity contribution in [3.8, 4) is 6.07 Å². The zero-order valence-electron chi connectivity index (χ0n) is 41.4. The Kier molecular flexibility index (Phi) is 17.5. The van der Waals surface area contributed by atoms with Gasteiger partial charge in [0.2, 0.25) is 0 Å². The van der Waals surface area contributed by atoms with E-state index in [9.17, 15) is 29.1 Å². The van der Waals surface area contributed by atoms with Crippen molar-refractivity contribution in [2.75, 3.05) is 33.3 Å². The van der Waals surface area contributed by atoms with E-state index in [0.717, 1.165) is 72.0 Å². The molecule has 1 radical (unpaired) electrons. The summed E-state index contributed by atoms with van der Waals surface area (Å²) in [6.07, 6.45) is 14.3. The Morgan fingerprint density at radius 1 is 0.878 bits per heavy atom. The molecule has 7 unspecified atom stereocenters. The molecule has 4 N–H and O–H groups in total. The third kappa shape index (κ3) is 10.8. The van der Waals surface area contributed by atoms with Gasteiger partial charge >= 0.3 is 5.97 Å². The minimum Gasteiger partial charge on any atom is -0.477 e. The van der Waals surface area contributed by atoms with Gasteiger partial charge in [-0.05, 0) is 146 Å². The number of hydrogen-bond donors (Lipinski definition) is 4. The molecular formula is C58H59ClFN6O6PSc. The number of nitrogens with zero attached hydrogens (tertiary/aromatic N) is 5. The number of aromatic amines is 1. The van der Waals surface area contributed by atoms with E-state index in [-0.39, 0.29) is 64.5 Å². The number of allylic oxidation sites excluding steroid dienone is 1. The van der Waals surface area contributed by atoms with Gasteiger partial charge in [0.1, 0.15) is 5.69 Å². The van der Waals surface area contributed by atoms with Crippen LogP contribution in [0.15, 0.2) is 135 Å². The number of carboxylic acids is 1. The van der Waals surface area contributed by atoms with Crippen molar-refractivity contribution < 1.29 is 59.4 Å². The first kappa shape index (κ1) is 54.8. The van der Waals surface area contributed by atoms with Crippen LogP contribution < -0.4 is 10.6 Å². The predicted octanol–water partition coefficient (Wildman–Crippen LogP) is 10.7. The van der Waals surface area contributed by atoms with Gasteiger partial charge < -0.3 is 24.8 Å². The zero-order valence-corrected chi connectivity index (χ0v) is 44.9. The van der Waals surface area contributed by atoms with Crippen molar-refractivity contribution >= 4 is 74.3 Å². The number of aliphatic hydroxyl groups is 2. The number of aryl methyl sites for hydroxylation is 1. The normalized spacial score (nSPS) is 24.3. The van der Waals surface area contributed by atoms with Crippen LogP contribution in [0.2, 0.25) is 5.02 Å². The second-order valence-electron chi connectivity index (χ2n) is 19.5. The van der Waals surface area contributed by atoms with Crippen LogP contribution in [0.5, 0.6) is 0 Å². The molecule has 74 heavy (non-hydrogen) atoms. The molecule has 6 saturated heterocycles. The fourth-order valence-electron chi connectivity index (χ4n) is 11.7. The number of benzene rings is 4. The van der Waals surface area contributed by atoms with Crippen LogP contribution in [0.4, 0.5) is 4.39 Å². The van der Waals surface area contributed by atoms with Gasteiger partial charge in [0, 0.05) is 98.2 Å². The van der Waals surface area contributed by atoms with Gasteiger partial charge in [-0.3, -0.25) is 24.3 Å². The van der Waals surface area contributed by atoms with Crippen LogP contribution >= 0.6 is 19.0 Å². The van der Waals surface area contributed by atoms with Crippen LogP contribution in [-0.4, -0.2) is 91.4 Å². The molecule has 13 rings (SSSR count). The molecule has 4 aromatic carbocycles. The summed E-state index contributed by atoms with van der Waals surface area (Å²) in [7, 11) is -2.89. The summed E-state index contributed by atoms with van der Waals surface area (Å²) in [5.41, 5.74) is 4.90. The van der Waals surface area contributed by atoms with E-state index in [2.05, 4.69) is 62.2 Å². The number of rotatable bonds is 11. The average Bonchev–Trinajstić information content (AvgIpc) is 3.84. The summed E-state index contributed by atoms with van der Waals surface area (Å²) in [5.74, 6) is 0.224. The number of aromatic nitrogens is 3. The number of piperidine rings is 6. The molecule has 7 aromatic rings. The average molecular weight is 1070 g/mol. The number of pyridine rings is 2. The molecule has 0 aliphatic carbocycles. The number of nitriles is 1. The van der Waals surface area contributed by atoms with Gasteiger partial charge in [-0.1, -0.05) is 66.2 Å². The fourth-order valence-corrected chi connectivity index (χ4v) is 14.2. The van der Waals surface area contributed by atoms with Crippen molar-refractivity contribution in [1.82, 2.24) is 24.8 Å². The predicted molar refractivity (Wildman–Crippen MR) is 287 cm³/mol. The van der Waals surface area contributed by atoms with Crippen molar-refractivity contribution in [2.45, 2.75) is 56.9 Å². The first-order valence-electron chi connectivity index (χ1n) is 24.6. The van der Waals surface area contributed by atoms with E-state index < -0.39 is 37.1 Å². The number of fused-ring (bicyclic) bond motifs is 9. The van der Waals surface area contributed by atoms with Gasteiger partial charge in [-0.2, -0.15) is 5.26 Å². The molecule has 0 saturated carbocycles. The molecule has 379 valence electrons. The Bertz CT molecular complexity index is 3220. The molecule has 11 atom stereocenters. The summed E-state index contributed by atoms with van der Waals surface area (Å²) >= 11 is 5.89. The quantitative estimate of drug-likeness (QED) is 0.0551. The molecule has 6 aliphatic rings. The van der Waals surface area contributed by atoms with Gasteiger partial charge in [-0.25, -0.2) is 9.18 Å².